The van der Waals surface area contributed by atoms with Gasteiger partial charge in [0.1, 0.15) is 0 Å². The Morgan fingerprint density at radius 2 is 2.00 bits per heavy atom. The van der Waals surface area contributed by atoms with Gasteiger partial charge in [0.05, 0.1) is 17.4 Å². The van der Waals surface area contributed by atoms with Crippen LogP contribution in [-0.2, 0) is 16.9 Å². The molecule has 1 rings (SSSR count). The molecule has 1 heterocycles. The molecule has 18 heavy (non-hydrogen) atoms. The number of aromatic nitrogens is 3. The predicted molar refractivity (Wildman–Crippen MR) is 69.7 cm³/mol. The Balaban J connectivity index is 2.59. The molecule has 0 aliphatic carbocycles. The normalized spacial score (nSPS) is 12.7. The molecule has 0 aromatic carbocycles. The summed E-state index contributed by atoms with van der Waals surface area (Å²) < 4.78 is 1.82. The van der Waals surface area contributed by atoms with Gasteiger partial charge in [0.25, 0.3) is 0 Å². The Kier molecular flexibility index (Phi) is 4.11. The number of nitrogens with zero attached hydrogens (tertiary/aromatic N) is 3. The molecule has 0 radical (unpaired) electrons. The van der Waals surface area contributed by atoms with Crippen LogP contribution < -0.4 is 11.1 Å². The summed E-state index contributed by atoms with van der Waals surface area (Å²) in [6.45, 7) is 10.6. The average molecular weight is 253 g/mol. The van der Waals surface area contributed by atoms with E-state index in [0.29, 0.717) is 13.0 Å². The molecule has 6 nitrogen and oxygen atoms in total. The van der Waals surface area contributed by atoms with Crippen molar-refractivity contribution in [2.45, 2.75) is 58.7 Å². The van der Waals surface area contributed by atoms with E-state index in [2.05, 4.69) is 36.4 Å². The van der Waals surface area contributed by atoms with Gasteiger partial charge in [-0.1, -0.05) is 5.21 Å². The highest BCUT2D eigenvalue weighted by atomic mass is 16.1. The minimum atomic E-state index is -0.336. The Labute approximate surface area is 108 Å². The lowest BCUT2D eigenvalue weighted by Gasteiger charge is -2.24. The number of primary amides is 1. The predicted octanol–water partition coefficient (Wildman–Crippen LogP) is 0.777. The van der Waals surface area contributed by atoms with Crippen LogP contribution >= 0.6 is 0 Å². The Morgan fingerprint density at radius 3 is 2.44 bits per heavy atom. The molecule has 3 N–H and O–H groups in total. The first-order chi connectivity index (χ1) is 8.10. The monoisotopic (exact) mass is 253 g/mol. The molecule has 0 bridgehead atoms. The van der Waals surface area contributed by atoms with Gasteiger partial charge in [-0.25, -0.2) is 4.68 Å². The van der Waals surface area contributed by atoms with E-state index in [1.165, 1.54) is 0 Å². The van der Waals surface area contributed by atoms with Crippen LogP contribution in [0.3, 0.4) is 0 Å². The number of hydrogen-bond acceptors (Lipinski definition) is 4. The van der Waals surface area contributed by atoms with Gasteiger partial charge in [-0.2, -0.15) is 0 Å². The highest BCUT2D eigenvalue weighted by Gasteiger charge is 2.21. The molecule has 0 aliphatic heterocycles. The molecule has 102 valence electrons. The van der Waals surface area contributed by atoms with Crippen molar-refractivity contribution in [3.63, 3.8) is 0 Å². The number of hydrogen-bond donors (Lipinski definition) is 2. The lowest BCUT2D eigenvalue weighted by atomic mass is 10.0. The van der Waals surface area contributed by atoms with Gasteiger partial charge in [-0.3, -0.25) is 4.79 Å². The van der Waals surface area contributed by atoms with E-state index in [0.717, 1.165) is 5.69 Å². The summed E-state index contributed by atoms with van der Waals surface area (Å²) in [5, 5.41) is 11.4. The zero-order valence-corrected chi connectivity index (χ0v) is 11.8. The third-order valence-corrected chi connectivity index (χ3v) is 2.59. The maximum absolute atomic E-state index is 10.9. The van der Waals surface area contributed by atoms with E-state index in [1.54, 1.807) is 0 Å². The molecule has 0 atom stereocenters. The lowest BCUT2D eigenvalue weighted by molar-refractivity contribution is -0.119. The van der Waals surface area contributed by atoms with Crippen LogP contribution in [0.25, 0.3) is 0 Å². The fourth-order valence-corrected chi connectivity index (χ4v) is 1.54. The zero-order chi connectivity index (χ0) is 14.0. The topological polar surface area (TPSA) is 85.8 Å². The van der Waals surface area contributed by atoms with Gasteiger partial charge in [0, 0.05) is 18.5 Å². The van der Waals surface area contributed by atoms with E-state index in [-0.39, 0.29) is 17.0 Å². The first-order valence-electron chi connectivity index (χ1n) is 6.05. The van der Waals surface area contributed by atoms with Crippen LogP contribution in [0.2, 0.25) is 0 Å². The molecule has 0 unspecified atom stereocenters. The zero-order valence-electron chi connectivity index (χ0n) is 11.8. The molecule has 1 aromatic rings. The van der Waals surface area contributed by atoms with Crippen LogP contribution in [-0.4, -0.2) is 26.4 Å². The van der Waals surface area contributed by atoms with Gasteiger partial charge in [-0.15, -0.1) is 5.10 Å². The summed E-state index contributed by atoms with van der Waals surface area (Å²) in [5.41, 5.74) is 5.64. The van der Waals surface area contributed by atoms with Crippen LogP contribution in [0.15, 0.2) is 6.20 Å². The van der Waals surface area contributed by atoms with Crippen molar-refractivity contribution in [1.29, 1.82) is 0 Å². The highest BCUT2D eigenvalue weighted by molar-refractivity contribution is 5.74. The van der Waals surface area contributed by atoms with Crippen LogP contribution in [0, 0.1) is 0 Å². The standard InChI is InChI=1S/C12H23N5O/c1-11(2,3)17-8-9(15-16-17)7-14-12(4,5)6-10(13)18/h8,14H,6-7H2,1-5H3,(H2,13,18). The third kappa shape index (κ3) is 4.44. The van der Waals surface area contributed by atoms with Gasteiger partial charge < -0.3 is 11.1 Å². The maximum Gasteiger partial charge on any atom is 0.219 e. The van der Waals surface area contributed by atoms with Gasteiger partial charge >= 0.3 is 0 Å². The second kappa shape index (κ2) is 5.06. The molecular weight excluding hydrogens is 230 g/mol. The highest BCUT2D eigenvalue weighted by Crippen LogP contribution is 2.13. The second-order valence-corrected chi connectivity index (χ2v) is 6.21. The van der Waals surface area contributed by atoms with Gasteiger partial charge in [-0.05, 0) is 34.6 Å². The minimum Gasteiger partial charge on any atom is -0.370 e. The second-order valence-electron chi connectivity index (χ2n) is 6.21. The Bertz CT molecular complexity index is 416. The Morgan fingerprint density at radius 1 is 1.39 bits per heavy atom. The fourth-order valence-electron chi connectivity index (χ4n) is 1.54. The summed E-state index contributed by atoms with van der Waals surface area (Å²) in [5.74, 6) is -0.314. The minimum absolute atomic E-state index is 0.0754. The van der Waals surface area contributed by atoms with Crippen molar-refractivity contribution < 1.29 is 4.79 Å². The van der Waals surface area contributed by atoms with E-state index >= 15 is 0 Å². The largest absolute Gasteiger partial charge is 0.370 e. The first kappa shape index (κ1) is 14.6. The van der Waals surface area contributed by atoms with Gasteiger partial charge in [0.15, 0.2) is 0 Å². The Hall–Kier alpha value is -1.43. The molecule has 0 saturated heterocycles. The van der Waals surface area contributed by atoms with Crippen molar-refractivity contribution in [1.82, 2.24) is 20.3 Å². The molecule has 0 aliphatic rings. The van der Waals surface area contributed by atoms with Crippen LogP contribution in [0.5, 0.6) is 0 Å². The summed E-state index contributed by atoms with van der Waals surface area (Å²) in [7, 11) is 0. The first-order valence-corrected chi connectivity index (χ1v) is 6.05. The van der Waals surface area contributed by atoms with Crippen molar-refractivity contribution in [3.8, 4) is 0 Å². The van der Waals surface area contributed by atoms with E-state index in [1.807, 2.05) is 24.7 Å². The molecule has 1 amide bonds. The molecule has 1 aromatic heterocycles. The number of rotatable bonds is 5. The quantitative estimate of drug-likeness (QED) is 0.812. The number of nitrogens with one attached hydrogen (secondary N) is 1. The smallest absolute Gasteiger partial charge is 0.219 e. The number of nitrogens with two attached hydrogens (primary N) is 1. The average Bonchev–Trinajstić information content (AvgIpc) is 2.60. The summed E-state index contributed by atoms with van der Waals surface area (Å²) in [4.78, 5) is 10.9. The maximum atomic E-state index is 10.9. The molecule has 6 heteroatoms. The molecule has 0 fully saturated rings. The summed E-state index contributed by atoms with van der Waals surface area (Å²) >= 11 is 0. The van der Waals surface area contributed by atoms with E-state index < -0.39 is 0 Å². The lowest BCUT2D eigenvalue weighted by Crippen LogP contribution is -2.42. The fraction of sp³-hybridized carbons (Fsp3) is 0.750. The van der Waals surface area contributed by atoms with Crippen molar-refractivity contribution in [2.75, 3.05) is 0 Å². The van der Waals surface area contributed by atoms with E-state index in [9.17, 15) is 4.79 Å². The number of amides is 1. The molecular formula is C12H23N5O. The molecule has 0 saturated carbocycles. The number of carbonyl (C=O) groups is 1. The van der Waals surface area contributed by atoms with E-state index in [4.69, 9.17) is 5.73 Å². The summed E-state index contributed by atoms with van der Waals surface area (Å²) in [6, 6.07) is 0. The van der Waals surface area contributed by atoms with Crippen molar-refractivity contribution in [2.24, 2.45) is 5.73 Å². The van der Waals surface area contributed by atoms with Crippen molar-refractivity contribution >= 4 is 5.91 Å². The van der Waals surface area contributed by atoms with Crippen molar-refractivity contribution in [3.05, 3.63) is 11.9 Å². The molecule has 0 spiro atoms. The van der Waals surface area contributed by atoms with Crippen LogP contribution in [0.4, 0.5) is 0 Å². The third-order valence-electron chi connectivity index (χ3n) is 2.59. The van der Waals surface area contributed by atoms with Crippen LogP contribution in [0.1, 0.15) is 46.7 Å². The van der Waals surface area contributed by atoms with Gasteiger partial charge in [0.2, 0.25) is 5.91 Å². The SMILES string of the molecule is CC(C)(CC(N)=O)NCc1cn(C(C)(C)C)nn1. The number of carbonyl (C=O) groups excluding carboxylic acids is 1. The summed E-state index contributed by atoms with van der Waals surface area (Å²) in [6.07, 6.45) is 2.20.